The van der Waals surface area contributed by atoms with Gasteiger partial charge in [-0.1, -0.05) is 10.9 Å². The highest BCUT2D eigenvalue weighted by Crippen LogP contribution is 1.73. The lowest BCUT2D eigenvalue weighted by Crippen LogP contribution is -1.82. The van der Waals surface area contributed by atoms with Crippen molar-refractivity contribution < 1.29 is 8.39 Å². The van der Waals surface area contributed by atoms with Gasteiger partial charge in [-0.05, 0) is 6.92 Å². The van der Waals surface area contributed by atoms with E-state index >= 15 is 0 Å². The zero-order valence-corrected chi connectivity index (χ0v) is 5.20. The lowest BCUT2D eigenvalue weighted by Gasteiger charge is -1.98. The molecule has 0 amide bonds. The molecule has 0 saturated heterocycles. The average Bonchev–Trinajstić information content (AvgIpc) is 1.68. The van der Waals surface area contributed by atoms with Gasteiger partial charge < -0.3 is 12.8 Å². The van der Waals surface area contributed by atoms with Crippen LogP contribution in [-0.2, 0) is 19.3 Å². The van der Waals surface area contributed by atoms with Crippen LogP contribution in [0.25, 0.3) is 0 Å². The molecule has 4 heteroatoms. The molecule has 0 N–H and O–H groups in total. The minimum atomic E-state index is -1.40. The first-order valence-corrected chi connectivity index (χ1v) is 2.99. The number of nitrogens with zero attached hydrogens (tertiary/aromatic N) is 1. The third-order valence-electron chi connectivity index (χ3n) is 0.368. The van der Waals surface area contributed by atoms with E-state index in [1.165, 1.54) is 7.05 Å². The Balaban J connectivity index is 3.39. The van der Waals surface area contributed by atoms with Crippen LogP contribution < -0.4 is 0 Å². The fourth-order valence-electron chi connectivity index (χ4n) is 0.154. The van der Waals surface area contributed by atoms with Crippen molar-refractivity contribution in [2.24, 2.45) is 4.36 Å². The van der Waals surface area contributed by atoms with Crippen LogP contribution in [0.2, 0.25) is 0 Å². The molecule has 0 saturated carbocycles. The van der Waals surface area contributed by atoms with E-state index in [1.54, 1.807) is 6.92 Å². The van der Waals surface area contributed by atoms with Gasteiger partial charge in [0.15, 0.2) is 0 Å². The molecule has 44 valence electrons. The molecule has 0 unspecified atom stereocenters. The van der Waals surface area contributed by atoms with Crippen LogP contribution >= 0.6 is 0 Å². The molecule has 0 aliphatic carbocycles. The smallest absolute Gasteiger partial charge is 0.0234 e. The maximum Gasteiger partial charge on any atom is 0.0234 e. The van der Waals surface area contributed by atoms with E-state index in [2.05, 4.69) is 8.55 Å². The summed E-state index contributed by atoms with van der Waals surface area (Å²) in [6.07, 6.45) is 0. The fourth-order valence-corrected chi connectivity index (χ4v) is 0.461. The van der Waals surface area contributed by atoms with Crippen molar-refractivity contribution in [3.8, 4) is 0 Å². The summed E-state index contributed by atoms with van der Waals surface area (Å²) in [4.78, 5) is 0. The first-order valence-electron chi connectivity index (χ1n) is 1.96. The SMILES string of the molecule is CCO[S-](=O)=NC. The van der Waals surface area contributed by atoms with Crippen LogP contribution in [0.1, 0.15) is 6.92 Å². The molecule has 0 rings (SSSR count). The second kappa shape index (κ2) is 4.08. The highest BCUT2D eigenvalue weighted by molar-refractivity contribution is 7.69. The van der Waals surface area contributed by atoms with Crippen molar-refractivity contribution >= 4 is 10.9 Å². The number of hydrogen-bond acceptors (Lipinski definition) is 4. The van der Waals surface area contributed by atoms with Crippen molar-refractivity contribution in [3.05, 3.63) is 0 Å². The van der Waals surface area contributed by atoms with Crippen molar-refractivity contribution in [2.45, 2.75) is 6.92 Å². The molecule has 0 aromatic rings. The van der Waals surface area contributed by atoms with Gasteiger partial charge in [0.25, 0.3) is 0 Å². The zero-order chi connectivity index (χ0) is 5.70. The van der Waals surface area contributed by atoms with Crippen LogP contribution in [0.3, 0.4) is 0 Å². The Labute approximate surface area is 45.1 Å². The van der Waals surface area contributed by atoms with Crippen LogP contribution in [-0.4, -0.2) is 13.7 Å². The van der Waals surface area contributed by atoms with Crippen LogP contribution in [0.4, 0.5) is 0 Å². The van der Waals surface area contributed by atoms with Crippen LogP contribution in [0.15, 0.2) is 4.36 Å². The largest absolute Gasteiger partial charge is 0.439 e. The maximum atomic E-state index is 10.1. The second-order valence-electron chi connectivity index (χ2n) is 0.806. The first-order chi connectivity index (χ1) is 3.31. The summed E-state index contributed by atoms with van der Waals surface area (Å²) in [6, 6.07) is 0. The van der Waals surface area contributed by atoms with E-state index in [4.69, 9.17) is 0 Å². The highest BCUT2D eigenvalue weighted by atomic mass is 32.2. The minimum Gasteiger partial charge on any atom is -0.439 e. The Kier molecular flexibility index (Phi) is 4.03. The molecule has 0 radical (unpaired) electrons. The van der Waals surface area contributed by atoms with Crippen LogP contribution in [0, 0.1) is 0 Å². The standard InChI is InChI=1S/C3H8NO2S/c1-3-6-7(5)4-2/h3H2,1-2H3/q-1. The number of rotatable bonds is 2. The van der Waals surface area contributed by atoms with Gasteiger partial charge >= 0.3 is 0 Å². The van der Waals surface area contributed by atoms with Crippen molar-refractivity contribution in [1.29, 1.82) is 0 Å². The Morgan fingerprint density at radius 1 is 1.86 bits per heavy atom. The predicted molar refractivity (Wildman–Crippen MR) is 28.0 cm³/mol. The Bertz CT molecular complexity index is 106. The normalized spacial score (nSPS) is 14.6. The summed E-state index contributed by atoms with van der Waals surface area (Å²) in [7, 11) is 0.0482. The highest BCUT2D eigenvalue weighted by Gasteiger charge is 1.59. The summed E-state index contributed by atoms with van der Waals surface area (Å²) in [6.45, 7) is 2.22. The molecule has 0 spiro atoms. The van der Waals surface area contributed by atoms with Gasteiger partial charge in [0.05, 0.1) is 0 Å². The Morgan fingerprint density at radius 2 is 2.43 bits per heavy atom. The summed E-state index contributed by atoms with van der Waals surface area (Å²) in [5.41, 5.74) is 0. The molecule has 0 atom stereocenters. The van der Waals surface area contributed by atoms with E-state index in [9.17, 15) is 4.21 Å². The maximum absolute atomic E-state index is 10.1. The average molecular weight is 122 g/mol. The van der Waals surface area contributed by atoms with Crippen molar-refractivity contribution in [2.75, 3.05) is 13.7 Å². The minimum absolute atomic E-state index is 0.448. The summed E-state index contributed by atoms with van der Waals surface area (Å²) < 4.78 is 18.0. The monoisotopic (exact) mass is 122 g/mol. The molecule has 0 aliphatic rings. The molecule has 7 heavy (non-hydrogen) atoms. The third kappa shape index (κ3) is 3.75. The predicted octanol–water partition coefficient (Wildman–Crippen LogP) is 0.715. The first kappa shape index (κ1) is 6.91. The molecule has 0 aromatic heterocycles. The van der Waals surface area contributed by atoms with Gasteiger partial charge in [-0.3, -0.25) is 0 Å². The van der Waals surface area contributed by atoms with E-state index in [-0.39, 0.29) is 0 Å². The second-order valence-corrected chi connectivity index (χ2v) is 1.84. The van der Waals surface area contributed by atoms with Gasteiger partial charge in [-0.15, -0.1) is 0 Å². The molecule has 0 heterocycles. The Morgan fingerprint density at radius 3 is 2.57 bits per heavy atom. The zero-order valence-electron chi connectivity index (χ0n) is 4.38. The fraction of sp³-hybridized carbons (Fsp3) is 1.00. The van der Waals surface area contributed by atoms with E-state index in [0.29, 0.717) is 6.61 Å². The van der Waals surface area contributed by atoms with Gasteiger partial charge in [0.2, 0.25) is 0 Å². The number of hydrogen-bond donors (Lipinski definition) is 0. The van der Waals surface area contributed by atoms with Gasteiger partial charge in [0.1, 0.15) is 0 Å². The molecule has 0 fully saturated rings. The topological polar surface area (TPSA) is 38.7 Å². The van der Waals surface area contributed by atoms with Gasteiger partial charge in [-0.25, -0.2) is 0 Å². The van der Waals surface area contributed by atoms with Crippen LogP contribution in [0.5, 0.6) is 0 Å². The quantitative estimate of drug-likeness (QED) is 0.506. The summed E-state index contributed by atoms with van der Waals surface area (Å²) in [5, 5.41) is 0. The van der Waals surface area contributed by atoms with E-state index in [1.807, 2.05) is 0 Å². The summed E-state index contributed by atoms with van der Waals surface area (Å²) >= 11 is 0. The lowest BCUT2D eigenvalue weighted by atomic mass is 10.9. The lowest BCUT2D eigenvalue weighted by molar-refractivity contribution is 0.369. The molecule has 3 nitrogen and oxygen atoms in total. The molecule has 0 aromatic carbocycles. The van der Waals surface area contributed by atoms with Crippen molar-refractivity contribution in [3.63, 3.8) is 0 Å². The third-order valence-corrected chi connectivity index (χ3v) is 1.10. The van der Waals surface area contributed by atoms with E-state index < -0.39 is 10.9 Å². The Hall–Kier alpha value is -0.0900. The molecular weight excluding hydrogens is 114 g/mol. The molecular formula is C3H8NO2S-. The van der Waals surface area contributed by atoms with Gasteiger partial charge in [-0.2, -0.15) is 0 Å². The summed E-state index contributed by atoms with van der Waals surface area (Å²) in [5.74, 6) is 0. The molecule has 0 bridgehead atoms. The van der Waals surface area contributed by atoms with E-state index in [0.717, 1.165) is 0 Å². The van der Waals surface area contributed by atoms with Gasteiger partial charge in [0, 0.05) is 13.7 Å². The molecule has 0 aliphatic heterocycles. The van der Waals surface area contributed by atoms with Crippen molar-refractivity contribution in [1.82, 2.24) is 0 Å².